The fraction of sp³-hybridized carbons (Fsp3) is 0.286. The Morgan fingerprint density at radius 3 is 2.71 bits per heavy atom. The van der Waals surface area contributed by atoms with E-state index in [1.54, 1.807) is 0 Å². The maximum absolute atomic E-state index is 13.0. The minimum absolute atomic E-state index is 0.0598. The van der Waals surface area contributed by atoms with Crippen molar-refractivity contribution in [2.24, 2.45) is 0 Å². The van der Waals surface area contributed by atoms with E-state index in [4.69, 9.17) is 5.84 Å². The van der Waals surface area contributed by atoms with Crippen molar-refractivity contribution >= 4 is 23.4 Å². The second-order valence-corrected chi connectivity index (χ2v) is 8.05. The predicted molar refractivity (Wildman–Crippen MR) is 113 cm³/mol. The maximum Gasteiger partial charge on any atom is 0.237 e. The fourth-order valence-corrected chi connectivity index (χ4v) is 4.25. The lowest BCUT2D eigenvalue weighted by Crippen LogP contribution is -2.43. The number of aromatic nitrogens is 3. The molecular formula is C21H23N5OS. The number of amides is 1. The van der Waals surface area contributed by atoms with Gasteiger partial charge in [-0.3, -0.25) is 4.79 Å². The second-order valence-electron chi connectivity index (χ2n) is 7.11. The molecule has 2 N–H and O–H groups in total. The summed E-state index contributed by atoms with van der Waals surface area (Å²) in [6, 6.07) is 16.3. The van der Waals surface area contributed by atoms with Gasteiger partial charge in [-0.2, -0.15) is 0 Å². The lowest BCUT2D eigenvalue weighted by molar-refractivity contribution is -0.116. The minimum Gasteiger partial charge on any atom is -0.335 e. The molecule has 0 radical (unpaired) electrons. The first-order valence-corrected chi connectivity index (χ1v) is 10.3. The summed E-state index contributed by atoms with van der Waals surface area (Å²) in [5.74, 6) is 7.10. The second kappa shape index (κ2) is 7.67. The molecule has 28 heavy (non-hydrogen) atoms. The highest BCUT2D eigenvalue weighted by molar-refractivity contribution is 7.99. The topological polar surface area (TPSA) is 77.0 Å². The van der Waals surface area contributed by atoms with Crippen molar-refractivity contribution in [3.8, 4) is 11.4 Å². The van der Waals surface area contributed by atoms with Gasteiger partial charge in [-0.15, -0.1) is 10.2 Å². The standard InChI is InChI=1S/C21H23N5OS/c1-14-7-10-17(11-8-14)20-23-24-21(26(20)22)28-13-19(27)25-15(2)9-12-16-5-3-4-6-18(16)25/h3-8,10-11,15H,9,12-13,22H2,1-2H3. The molecule has 1 amide bonds. The van der Waals surface area contributed by atoms with Crippen LogP contribution >= 0.6 is 11.8 Å². The van der Waals surface area contributed by atoms with Crippen molar-refractivity contribution in [3.05, 3.63) is 59.7 Å². The number of fused-ring (bicyclic) bond motifs is 1. The van der Waals surface area contributed by atoms with Crippen LogP contribution in [-0.4, -0.2) is 32.6 Å². The van der Waals surface area contributed by atoms with E-state index in [0.29, 0.717) is 11.0 Å². The van der Waals surface area contributed by atoms with Crippen LogP contribution in [0.4, 0.5) is 5.69 Å². The monoisotopic (exact) mass is 393 g/mol. The van der Waals surface area contributed by atoms with E-state index in [-0.39, 0.29) is 17.7 Å². The molecule has 1 unspecified atom stereocenters. The number of aryl methyl sites for hydroxylation is 2. The lowest BCUT2D eigenvalue weighted by atomic mass is 9.97. The summed E-state index contributed by atoms with van der Waals surface area (Å²) in [4.78, 5) is 14.9. The van der Waals surface area contributed by atoms with Gasteiger partial charge in [0.15, 0.2) is 5.82 Å². The van der Waals surface area contributed by atoms with E-state index in [9.17, 15) is 4.79 Å². The average Bonchev–Trinajstić information content (AvgIpc) is 3.07. The number of hydrogen-bond acceptors (Lipinski definition) is 5. The smallest absolute Gasteiger partial charge is 0.237 e. The number of carbonyl (C=O) groups excluding carboxylic acids is 1. The number of para-hydroxylation sites is 1. The molecule has 1 aliphatic heterocycles. The molecule has 0 bridgehead atoms. The van der Waals surface area contributed by atoms with Crippen molar-refractivity contribution in [2.45, 2.75) is 37.9 Å². The first-order chi connectivity index (χ1) is 13.5. The number of nitrogens with two attached hydrogens (primary N) is 1. The van der Waals surface area contributed by atoms with Crippen LogP contribution in [0.3, 0.4) is 0 Å². The van der Waals surface area contributed by atoms with Crippen LogP contribution in [0.25, 0.3) is 11.4 Å². The van der Waals surface area contributed by atoms with Crippen molar-refractivity contribution in [2.75, 3.05) is 16.5 Å². The Balaban J connectivity index is 1.49. The summed E-state index contributed by atoms with van der Waals surface area (Å²) in [5.41, 5.74) is 4.31. The molecular weight excluding hydrogens is 370 g/mol. The van der Waals surface area contributed by atoms with Crippen LogP contribution in [0.15, 0.2) is 53.7 Å². The first kappa shape index (κ1) is 18.6. The Bertz CT molecular complexity index is 998. The van der Waals surface area contributed by atoms with E-state index in [1.807, 2.05) is 54.3 Å². The van der Waals surface area contributed by atoms with Crippen LogP contribution in [0.2, 0.25) is 0 Å². The summed E-state index contributed by atoms with van der Waals surface area (Å²) in [7, 11) is 0. The van der Waals surface area contributed by atoms with Gasteiger partial charge in [-0.05, 0) is 38.3 Å². The highest BCUT2D eigenvalue weighted by Crippen LogP contribution is 2.31. The SMILES string of the molecule is Cc1ccc(-c2nnc(SCC(=O)N3c4ccccc4CCC3C)n2N)cc1. The Kier molecular flexibility index (Phi) is 5.09. The lowest BCUT2D eigenvalue weighted by Gasteiger charge is -2.35. The third kappa shape index (κ3) is 3.49. The molecule has 6 nitrogen and oxygen atoms in total. The molecule has 0 fully saturated rings. The maximum atomic E-state index is 13.0. The molecule has 1 aromatic heterocycles. The molecule has 0 aliphatic carbocycles. The molecule has 144 valence electrons. The van der Waals surface area contributed by atoms with Crippen LogP contribution in [0.1, 0.15) is 24.5 Å². The van der Waals surface area contributed by atoms with Gasteiger partial charge in [-0.1, -0.05) is 59.8 Å². The highest BCUT2D eigenvalue weighted by Gasteiger charge is 2.28. The van der Waals surface area contributed by atoms with Gasteiger partial charge >= 0.3 is 0 Å². The average molecular weight is 394 g/mol. The zero-order valence-electron chi connectivity index (χ0n) is 16.0. The van der Waals surface area contributed by atoms with E-state index < -0.39 is 0 Å². The molecule has 1 atom stereocenters. The number of rotatable bonds is 4. The van der Waals surface area contributed by atoms with Crippen molar-refractivity contribution in [1.82, 2.24) is 14.9 Å². The van der Waals surface area contributed by atoms with Gasteiger partial charge in [0.2, 0.25) is 11.1 Å². The highest BCUT2D eigenvalue weighted by atomic mass is 32.2. The summed E-state index contributed by atoms with van der Waals surface area (Å²) in [5, 5.41) is 8.90. The van der Waals surface area contributed by atoms with Crippen LogP contribution in [0, 0.1) is 6.92 Å². The molecule has 2 aromatic carbocycles. The Labute approximate surface area is 168 Å². The van der Waals surface area contributed by atoms with E-state index in [1.165, 1.54) is 27.6 Å². The predicted octanol–water partition coefficient (Wildman–Crippen LogP) is 3.43. The number of anilines is 1. The quantitative estimate of drug-likeness (QED) is 0.543. The molecule has 7 heteroatoms. The van der Waals surface area contributed by atoms with Crippen LogP contribution in [0.5, 0.6) is 0 Å². The molecule has 4 rings (SSSR count). The number of carbonyl (C=O) groups is 1. The van der Waals surface area contributed by atoms with E-state index in [2.05, 4.69) is 23.2 Å². The minimum atomic E-state index is 0.0598. The van der Waals surface area contributed by atoms with E-state index >= 15 is 0 Å². The summed E-state index contributed by atoms with van der Waals surface area (Å²) in [6.07, 6.45) is 1.98. The Morgan fingerprint density at radius 1 is 1.18 bits per heavy atom. The number of hydrogen-bond donors (Lipinski definition) is 1. The Morgan fingerprint density at radius 2 is 1.93 bits per heavy atom. The van der Waals surface area contributed by atoms with Gasteiger partial charge in [-0.25, -0.2) is 4.68 Å². The molecule has 0 spiro atoms. The Hall–Kier alpha value is -2.80. The van der Waals surface area contributed by atoms with Gasteiger partial charge in [0.05, 0.1) is 5.75 Å². The molecule has 0 saturated heterocycles. The summed E-state index contributed by atoms with van der Waals surface area (Å²) in [6.45, 7) is 4.13. The zero-order chi connectivity index (χ0) is 19.7. The molecule has 2 heterocycles. The summed E-state index contributed by atoms with van der Waals surface area (Å²) >= 11 is 1.32. The number of nitrogen functional groups attached to an aromatic ring is 1. The van der Waals surface area contributed by atoms with Crippen LogP contribution in [-0.2, 0) is 11.2 Å². The van der Waals surface area contributed by atoms with Crippen LogP contribution < -0.4 is 10.7 Å². The normalized spacial score (nSPS) is 16.1. The number of benzene rings is 2. The molecule has 0 saturated carbocycles. The van der Waals surface area contributed by atoms with Crippen molar-refractivity contribution < 1.29 is 4.79 Å². The third-order valence-corrected chi connectivity index (χ3v) is 6.02. The van der Waals surface area contributed by atoms with Gasteiger partial charge in [0, 0.05) is 17.3 Å². The van der Waals surface area contributed by atoms with Crippen molar-refractivity contribution in [1.29, 1.82) is 0 Å². The van der Waals surface area contributed by atoms with Crippen molar-refractivity contribution in [3.63, 3.8) is 0 Å². The van der Waals surface area contributed by atoms with Gasteiger partial charge in [0.1, 0.15) is 0 Å². The number of nitrogens with zero attached hydrogens (tertiary/aromatic N) is 4. The molecule has 3 aromatic rings. The zero-order valence-corrected chi connectivity index (χ0v) is 16.8. The van der Waals surface area contributed by atoms with Gasteiger partial charge < -0.3 is 10.7 Å². The largest absolute Gasteiger partial charge is 0.335 e. The van der Waals surface area contributed by atoms with E-state index in [0.717, 1.165) is 24.1 Å². The third-order valence-electron chi connectivity index (χ3n) is 5.09. The summed E-state index contributed by atoms with van der Waals surface area (Å²) < 4.78 is 1.45. The fourth-order valence-electron chi connectivity index (χ4n) is 3.54. The number of thioether (sulfide) groups is 1. The molecule has 1 aliphatic rings. The first-order valence-electron chi connectivity index (χ1n) is 9.35. The van der Waals surface area contributed by atoms with Gasteiger partial charge in [0.25, 0.3) is 0 Å².